The van der Waals surface area contributed by atoms with Gasteiger partial charge in [0.1, 0.15) is 0 Å². The minimum absolute atomic E-state index is 0.0987. The van der Waals surface area contributed by atoms with E-state index in [0.717, 1.165) is 0 Å². The zero-order chi connectivity index (χ0) is 8.15. The molecule has 1 unspecified atom stereocenters. The highest BCUT2D eigenvalue weighted by atomic mass is 16.4. The fourth-order valence-corrected chi connectivity index (χ4v) is 0.471. The van der Waals surface area contributed by atoms with Crippen molar-refractivity contribution in [2.24, 2.45) is 5.92 Å². The highest BCUT2D eigenvalue weighted by molar-refractivity contribution is 5.86. The molecule has 0 aliphatic rings. The highest BCUT2D eigenvalue weighted by Crippen LogP contribution is 2.11. The molecular weight excluding hydrogens is 130 g/mol. The molecule has 0 fully saturated rings. The first-order valence-corrected chi connectivity index (χ1v) is 2.88. The monoisotopic (exact) mass is 139 g/mol. The number of aliphatic carboxylic acids is 1. The SMILES string of the molecule is C=C(C(=O)O)C(C)CC#N. The number of carboxylic acid groups (broad SMARTS) is 1. The molecule has 0 amide bonds. The van der Waals surface area contributed by atoms with E-state index < -0.39 is 5.97 Å². The molecule has 0 aromatic heterocycles. The second-order valence-electron chi connectivity index (χ2n) is 2.09. The van der Waals surface area contributed by atoms with Crippen LogP contribution in [0.1, 0.15) is 13.3 Å². The molecule has 3 nitrogen and oxygen atoms in total. The molecule has 0 saturated heterocycles. The standard InChI is InChI=1S/C7H9NO2/c1-5(3-4-8)6(2)7(9)10/h5H,2-3H2,1H3,(H,9,10). The van der Waals surface area contributed by atoms with Crippen LogP contribution in [0.15, 0.2) is 12.2 Å². The number of hydrogen-bond acceptors (Lipinski definition) is 2. The molecule has 0 heterocycles. The van der Waals surface area contributed by atoms with Crippen LogP contribution in [-0.4, -0.2) is 11.1 Å². The van der Waals surface area contributed by atoms with Gasteiger partial charge in [0.15, 0.2) is 0 Å². The van der Waals surface area contributed by atoms with Gasteiger partial charge in [-0.2, -0.15) is 5.26 Å². The second kappa shape index (κ2) is 3.67. The normalized spacial score (nSPS) is 11.6. The van der Waals surface area contributed by atoms with Crippen LogP contribution in [0.3, 0.4) is 0 Å². The minimum atomic E-state index is -1.03. The molecule has 3 heteroatoms. The molecule has 0 aromatic rings. The van der Waals surface area contributed by atoms with Gasteiger partial charge in [0.2, 0.25) is 0 Å². The highest BCUT2D eigenvalue weighted by Gasteiger charge is 2.11. The van der Waals surface area contributed by atoms with Crippen molar-refractivity contribution in [1.82, 2.24) is 0 Å². The van der Waals surface area contributed by atoms with Crippen molar-refractivity contribution in [2.75, 3.05) is 0 Å². The van der Waals surface area contributed by atoms with Crippen molar-refractivity contribution in [3.05, 3.63) is 12.2 Å². The lowest BCUT2D eigenvalue weighted by Gasteiger charge is -2.04. The van der Waals surface area contributed by atoms with Crippen molar-refractivity contribution >= 4 is 5.97 Å². The molecule has 0 saturated carbocycles. The quantitative estimate of drug-likeness (QED) is 0.597. The molecule has 54 valence electrons. The van der Waals surface area contributed by atoms with Crippen LogP contribution in [-0.2, 0) is 4.79 Å². The largest absolute Gasteiger partial charge is 0.478 e. The van der Waals surface area contributed by atoms with Crippen LogP contribution < -0.4 is 0 Å². The lowest BCUT2D eigenvalue weighted by Crippen LogP contribution is -2.07. The number of carbonyl (C=O) groups is 1. The van der Waals surface area contributed by atoms with E-state index in [1.165, 1.54) is 0 Å². The molecule has 0 aliphatic carbocycles. The van der Waals surface area contributed by atoms with Crippen molar-refractivity contribution in [2.45, 2.75) is 13.3 Å². The number of rotatable bonds is 3. The van der Waals surface area contributed by atoms with Gasteiger partial charge in [-0.25, -0.2) is 4.79 Å². The Hall–Kier alpha value is -1.30. The number of nitriles is 1. The van der Waals surface area contributed by atoms with E-state index in [1.54, 1.807) is 6.92 Å². The Labute approximate surface area is 59.6 Å². The maximum Gasteiger partial charge on any atom is 0.331 e. The summed E-state index contributed by atoms with van der Waals surface area (Å²) >= 11 is 0. The summed E-state index contributed by atoms with van der Waals surface area (Å²) in [6.07, 6.45) is 0.213. The molecule has 0 spiro atoms. The third-order valence-corrected chi connectivity index (χ3v) is 1.27. The summed E-state index contributed by atoms with van der Waals surface area (Å²) in [5, 5.41) is 16.6. The first kappa shape index (κ1) is 8.70. The van der Waals surface area contributed by atoms with Gasteiger partial charge in [-0.1, -0.05) is 13.5 Å². The van der Waals surface area contributed by atoms with Gasteiger partial charge in [-0.3, -0.25) is 0 Å². The predicted octanol–water partition coefficient (Wildman–Crippen LogP) is 1.18. The van der Waals surface area contributed by atoms with Crippen LogP contribution >= 0.6 is 0 Å². The lowest BCUT2D eigenvalue weighted by molar-refractivity contribution is -0.133. The third-order valence-electron chi connectivity index (χ3n) is 1.27. The van der Waals surface area contributed by atoms with Gasteiger partial charge in [-0.15, -0.1) is 0 Å². The van der Waals surface area contributed by atoms with Crippen LogP contribution in [0, 0.1) is 17.2 Å². The minimum Gasteiger partial charge on any atom is -0.478 e. The van der Waals surface area contributed by atoms with E-state index in [0.29, 0.717) is 0 Å². The van der Waals surface area contributed by atoms with Gasteiger partial charge >= 0.3 is 5.97 Å². The Bertz CT molecular complexity index is 190. The number of carboxylic acids is 1. The molecule has 0 rings (SSSR count). The first-order valence-electron chi connectivity index (χ1n) is 2.88. The van der Waals surface area contributed by atoms with Gasteiger partial charge in [0.05, 0.1) is 6.07 Å². The maximum atomic E-state index is 10.2. The van der Waals surface area contributed by atoms with Crippen molar-refractivity contribution < 1.29 is 9.90 Å². The fourth-order valence-electron chi connectivity index (χ4n) is 0.471. The van der Waals surface area contributed by atoms with E-state index in [2.05, 4.69) is 6.58 Å². The average molecular weight is 139 g/mol. The first-order chi connectivity index (χ1) is 4.59. The van der Waals surface area contributed by atoms with Gasteiger partial charge in [0, 0.05) is 17.9 Å². The van der Waals surface area contributed by atoms with Crippen LogP contribution in [0.5, 0.6) is 0 Å². The Morgan fingerprint density at radius 1 is 1.90 bits per heavy atom. The predicted molar refractivity (Wildman–Crippen MR) is 36.2 cm³/mol. The average Bonchev–Trinajstić information content (AvgIpc) is 1.87. The van der Waals surface area contributed by atoms with E-state index >= 15 is 0 Å². The molecule has 10 heavy (non-hydrogen) atoms. The molecular formula is C7H9NO2. The maximum absolute atomic E-state index is 10.2. The molecule has 0 bridgehead atoms. The fraction of sp³-hybridized carbons (Fsp3) is 0.429. The van der Waals surface area contributed by atoms with E-state index in [-0.39, 0.29) is 17.9 Å². The lowest BCUT2D eigenvalue weighted by atomic mass is 10.0. The number of hydrogen-bond donors (Lipinski definition) is 1. The third kappa shape index (κ3) is 2.31. The summed E-state index contributed by atoms with van der Waals surface area (Å²) in [6.45, 7) is 4.99. The summed E-state index contributed by atoms with van der Waals surface area (Å²) in [5.41, 5.74) is 0.0987. The molecule has 1 atom stereocenters. The van der Waals surface area contributed by atoms with Crippen molar-refractivity contribution in [1.29, 1.82) is 5.26 Å². The molecule has 0 radical (unpaired) electrons. The molecule has 1 N–H and O–H groups in total. The van der Waals surface area contributed by atoms with Gasteiger partial charge in [-0.05, 0) is 0 Å². The van der Waals surface area contributed by atoms with Crippen molar-refractivity contribution in [3.8, 4) is 6.07 Å². The van der Waals surface area contributed by atoms with E-state index in [9.17, 15) is 4.79 Å². The zero-order valence-electron chi connectivity index (χ0n) is 5.79. The number of nitrogens with zero attached hydrogens (tertiary/aromatic N) is 1. The summed E-state index contributed by atoms with van der Waals surface area (Å²) in [6, 6.07) is 1.88. The van der Waals surface area contributed by atoms with E-state index in [1.807, 2.05) is 6.07 Å². The zero-order valence-corrected chi connectivity index (χ0v) is 5.79. The van der Waals surface area contributed by atoms with Gasteiger partial charge in [0.25, 0.3) is 0 Å². The van der Waals surface area contributed by atoms with Gasteiger partial charge < -0.3 is 5.11 Å². The summed E-state index contributed by atoms with van der Waals surface area (Å²) in [5.74, 6) is -1.27. The van der Waals surface area contributed by atoms with Crippen LogP contribution in [0.2, 0.25) is 0 Å². The molecule has 0 aliphatic heterocycles. The van der Waals surface area contributed by atoms with E-state index in [4.69, 9.17) is 10.4 Å². The second-order valence-corrected chi connectivity index (χ2v) is 2.09. The summed E-state index contributed by atoms with van der Waals surface area (Å²) in [7, 11) is 0. The Balaban J connectivity index is 3.98. The smallest absolute Gasteiger partial charge is 0.331 e. The Morgan fingerprint density at radius 3 is 2.70 bits per heavy atom. The van der Waals surface area contributed by atoms with Crippen LogP contribution in [0.4, 0.5) is 0 Å². The Morgan fingerprint density at radius 2 is 2.40 bits per heavy atom. The summed E-state index contributed by atoms with van der Waals surface area (Å²) < 4.78 is 0. The Kier molecular flexibility index (Phi) is 3.20. The van der Waals surface area contributed by atoms with Crippen LogP contribution in [0.25, 0.3) is 0 Å². The molecule has 0 aromatic carbocycles. The van der Waals surface area contributed by atoms with Crippen molar-refractivity contribution in [3.63, 3.8) is 0 Å². The topological polar surface area (TPSA) is 61.1 Å². The summed E-state index contributed by atoms with van der Waals surface area (Å²) in [4.78, 5) is 10.2.